The van der Waals surface area contributed by atoms with Gasteiger partial charge in [-0.1, -0.05) is 12.1 Å². The molecule has 156 valence electrons. The molecule has 1 saturated carbocycles. The van der Waals surface area contributed by atoms with Crippen molar-refractivity contribution >= 4 is 15.7 Å². The van der Waals surface area contributed by atoms with Crippen molar-refractivity contribution in [3.8, 4) is 16.9 Å². The van der Waals surface area contributed by atoms with Crippen LogP contribution in [0.4, 0.5) is 13.2 Å². The molecular formula is C18H17F3N2O5S. The zero-order chi connectivity index (χ0) is 21.6. The topological polar surface area (TPSA) is 119 Å². The smallest absolute Gasteiger partial charge is 0.431 e. The van der Waals surface area contributed by atoms with Gasteiger partial charge in [0, 0.05) is 11.8 Å². The summed E-state index contributed by atoms with van der Waals surface area (Å²) in [5.41, 5.74) is 1.55. The van der Waals surface area contributed by atoms with Gasteiger partial charge in [0.2, 0.25) is 0 Å². The molecule has 1 heterocycles. The van der Waals surface area contributed by atoms with Crippen LogP contribution in [0, 0.1) is 0 Å². The standard InChI is InChI=1S/C18H17F3N2O5S/c1-29(26,27)17(6-7-17)9-28-11-4-2-10(3-5-11)12-8-13(15(22)24)16(25)23-14(12)18(19,20)21/h2-5,8H,6-7,9H2,1H3,(H2,22,24)(H,23,25). The molecule has 1 aromatic heterocycles. The number of rotatable bonds is 6. The van der Waals surface area contributed by atoms with Crippen LogP contribution in [0.2, 0.25) is 0 Å². The third-order valence-corrected chi connectivity index (χ3v) is 6.95. The lowest BCUT2D eigenvalue weighted by Crippen LogP contribution is -2.29. The van der Waals surface area contributed by atoms with Crippen LogP contribution in [0.5, 0.6) is 5.75 Å². The van der Waals surface area contributed by atoms with E-state index in [-0.39, 0.29) is 17.9 Å². The lowest BCUT2D eigenvalue weighted by molar-refractivity contribution is -0.140. The molecule has 0 aliphatic heterocycles. The zero-order valence-corrected chi connectivity index (χ0v) is 16.0. The van der Waals surface area contributed by atoms with Crippen molar-refractivity contribution in [2.75, 3.05) is 12.9 Å². The van der Waals surface area contributed by atoms with Crippen LogP contribution in [0.3, 0.4) is 0 Å². The molecule has 1 aromatic carbocycles. The second-order valence-corrected chi connectivity index (χ2v) is 9.34. The summed E-state index contributed by atoms with van der Waals surface area (Å²) in [7, 11) is -3.28. The van der Waals surface area contributed by atoms with Gasteiger partial charge in [-0.2, -0.15) is 13.2 Å². The van der Waals surface area contributed by atoms with Gasteiger partial charge in [0.05, 0.1) is 0 Å². The highest BCUT2D eigenvalue weighted by Crippen LogP contribution is 2.43. The van der Waals surface area contributed by atoms with Crippen molar-refractivity contribution in [2.24, 2.45) is 5.73 Å². The van der Waals surface area contributed by atoms with Gasteiger partial charge in [-0.05, 0) is 36.6 Å². The zero-order valence-electron chi connectivity index (χ0n) is 15.2. The van der Waals surface area contributed by atoms with Crippen LogP contribution in [-0.2, 0) is 16.0 Å². The van der Waals surface area contributed by atoms with Crippen molar-refractivity contribution in [3.63, 3.8) is 0 Å². The molecule has 1 aliphatic carbocycles. The summed E-state index contributed by atoms with van der Waals surface area (Å²) >= 11 is 0. The van der Waals surface area contributed by atoms with E-state index in [9.17, 15) is 31.2 Å². The molecule has 0 spiro atoms. The number of nitrogens with two attached hydrogens (primary N) is 1. The SMILES string of the molecule is CS(=O)(=O)C1(COc2ccc(-c3cc(C(N)=O)c(=O)[nH]c3C(F)(F)F)cc2)CC1. The van der Waals surface area contributed by atoms with E-state index in [1.807, 2.05) is 0 Å². The first-order valence-corrected chi connectivity index (χ1v) is 10.3. The molecule has 0 saturated heterocycles. The number of H-pyrrole nitrogens is 1. The summed E-state index contributed by atoms with van der Waals surface area (Å²) in [4.78, 5) is 24.7. The number of hydrogen-bond acceptors (Lipinski definition) is 5. The molecule has 1 aliphatic rings. The lowest BCUT2D eigenvalue weighted by atomic mass is 10.0. The molecular weight excluding hydrogens is 413 g/mol. The van der Waals surface area contributed by atoms with Crippen LogP contribution >= 0.6 is 0 Å². The van der Waals surface area contributed by atoms with E-state index in [1.54, 1.807) is 4.98 Å². The van der Waals surface area contributed by atoms with Crippen molar-refractivity contribution in [3.05, 3.63) is 51.9 Å². The Labute approximate surface area is 163 Å². The number of nitrogens with one attached hydrogen (secondary N) is 1. The molecule has 0 unspecified atom stereocenters. The molecule has 0 atom stereocenters. The number of primary amides is 1. The first kappa shape index (κ1) is 20.9. The van der Waals surface area contributed by atoms with E-state index in [4.69, 9.17) is 10.5 Å². The molecule has 0 radical (unpaired) electrons. The fourth-order valence-electron chi connectivity index (χ4n) is 2.87. The highest BCUT2D eigenvalue weighted by Gasteiger charge is 2.53. The first-order valence-electron chi connectivity index (χ1n) is 8.41. The summed E-state index contributed by atoms with van der Waals surface area (Å²) in [6, 6.07) is 6.17. The van der Waals surface area contributed by atoms with Crippen LogP contribution in [0.25, 0.3) is 11.1 Å². The Balaban J connectivity index is 1.92. The van der Waals surface area contributed by atoms with Crippen molar-refractivity contribution in [2.45, 2.75) is 23.8 Å². The Hall–Kier alpha value is -2.82. The van der Waals surface area contributed by atoms with E-state index in [0.29, 0.717) is 12.8 Å². The van der Waals surface area contributed by atoms with E-state index < -0.39 is 49.0 Å². The third-order valence-electron chi connectivity index (χ3n) is 4.85. The predicted molar refractivity (Wildman–Crippen MR) is 98.3 cm³/mol. The Morgan fingerprint density at radius 3 is 2.28 bits per heavy atom. The van der Waals surface area contributed by atoms with Crippen LogP contribution in [0.1, 0.15) is 28.9 Å². The summed E-state index contributed by atoms with van der Waals surface area (Å²) < 4.78 is 68.1. The third kappa shape index (κ3) is 4.14. The van der Waals surface area contributed by atoms with Crippen molar-refractivity contribution in [1.29, 1.82) is 0 Å². The number of carbonyl (C=O) groups is 1. The monoisotopic (exact) mass is 430 g/mol. The first-order chi connectivity index (χ1) is 13.3. The average Bonchev–Trinajstić information content (AvgIpc) is 3.40. The number of aromatic nitrogens is 1. The highest BCUT2D eigenvalue weighted by molar-refractivity contribution is 7.92. The molecule has 2 aromatic rings. The molecule has 3 rings (SSSR count). The summed E-state index contributed by atoms with van der Waals surface area (Å²) in [6.45, 7) is -0.0521. The second-order valence-electron chi connectivity index (χ2n) is 6.93. The normalized spacial score (nSPS) is 15.7. The fraction of sp³-hybridized carbons (Fsp3) is 0.333. The van der Waals surface area contributed by atoms with Gasteiger partial charge < -0.3 is 15.5 Å². The maximum Gasteiger partial charge on any atom is 0.431 e. The quantitative estimate of drug-likeness (QED) is 0.728. The van der Waals surface area contributed by atoms with Crippen LogP contribution in [0.15, 0.2) is 35.1 Å². The van der Waals surface area contributed by atoms with Crippen LogP contribution in [-0.4, -0.2) is 36.9 Å². The Bertz CT molecular complexity index is 1120. The second kappa shape index (κ2) is 6.90. The molecule has 0 bridgehead atoms. The molecule has 7 nitrogen and oxygen atoms in total. The van der Waals surface area contributed by atoms with Gasteiger partial charge in [-0.3, -0.25) is 9.59 Å². The minimum absolute atomic E-state index is 0.0521. The fourth-order valence-corrected chi connectivity index (χ4v) is 3.99. The van der Waals surface area contributed by atoms with E-state index in [2.05, 4.69) is 0 Å². The number of benzene rings is 1. The van der Waals surface area contributed by atoms with Gasteiger partial charge in [-0.15, -0.1) is 0 Å². The van der Waals surface area contributed by atoms with Gasteiger partial charge in [0.15, 0.2) is 9.84 Å². The number of halogens is 3. The van der Waals surface area contributed by atoms with Gasteiger partial charge >= 0.3 is 6.18 Å². The number of amides is 1. The number of hydrogen-bond donors (Lipinski definition) is 2. The number of pyridine rings is 1. The van der Waals surface area contributed by atoms with Crippen molar-refractivity contribution < 1.29 is 31.1 Å². The Kier molecular flexibility index (Phi) is 4.98. The number of carbonyl (C=O) groups excluding carboxylic acids is 1. The molecule has 3 N–H and O–H groups in total. The maximum atomic E-state index is 13.3. The van der Waals surface area contributed by atoms with E-state index in [0.717, 1.165) is 12.3 Å². The lowest BCUT2D eigenvalue weighted by Gasteiger charge is -2.16. The maximum absolute atomic E-state index is 13.3. The summed E-state index contributed by atoms with van der Waals surface area (Å²) in [5, 5.41) is 0. The largest absolute Gasteiger partial charge is 0.492 e. The van der Waals surface area contributed by atoms with Gasteiger partial charge in [0.25, 0.3) is 11.5 Å². The van der Waals surface area contributed by atoms with E-state index in [1.165, 1.54) is 24.3 Å². The van der Waals surface area contributed by atoms with Gasteiger partial charge in [-0.25, -0.2) is 8.42 Å². The minimum Gasteiger partial charge on any atom is -0.492 e. The van der Waals surface area contributed by atoms with Gasteiger partial charge in [0.1, 0.15) is 28.4 Å². The summed E-state index contributed by atoms with van der Waals surface area (Å²) in [5.74, 6) is -0.881. The molecule has 11 heteroatoms. The number of sulfone groups is 1. The molecule has 29 heavy (non-hydrogen) atoms. The summed E-state index contributed by atoms with van der Waals surface area (Å²) in [6.07, 6.45) is -2.75. The number of alkyl halides is 3. The highest BCUT2D eigenvalue weighted by atomic mass is 32.2. The predicted octanol–water partition coefficient (Wildman–Crippen LogP) is 2.12. The Morgan fingerprint density at radius 1 is 1.24 bits per heavy atom. The minimum atomic E-state index is -4.87. The number of aromatic amines is 1. The van der Waals surface area contributed by atoms with Crippen LogP contribution < -0.4 is 16.0 Å². The molecule has 1 fully saturated rings. The van der Waals surface area contributed by atoms with E-state index >= 15 is 0 Å². The Morgan fingerprint density at radius 2 is 1.83 bits per heavy atom. The molecule has 1 amide bonds. The average molecular weight is 430 g/mol. The van der Waals surface area contributed by atoms with Crippen molar-refractivity contribution in [1.82, 2.24) is 4.98 Å². The number of ether oxygens (including phenoxy) is 1.